The smallest absolute Gasteiger partial charge is 0.258 e. The lowest BCUT2D eigenvalue weighted by atomic mass is 9.72. The molecule has 266 valence electrons. The van der Waals surface area contributed by atoms with Gasteiger partial charge in [-0.15, -0.1) is 0 Å². The molecule has 0 aliphatic carbocycles. The number of carbonyl (C=O) groups is 1. The fourth-order valence-electron chi connectivity index (χ4n) is 7.39. The van der Waals surface area contributed by atoms with Crippen LogP contribution in [0.1, 0.15) is 69.6 Å². The summed E-state index contributed by atoms with van der Waals surface area (Å²) in [4.78, 5) is 32.8. The predicted octanol–water partition coefficient (Wildman–Crippen LogP) is 4.71. The van der Waals surface area contributed by atoms with Gasteiger partial charge in [0.25, 0.3) is 5.91 Å². The minimum Gasteiger partial charge on any atom is -0.755 e. The molecule has 2 aromatic heterocycles. The van der Waals surface area contributed by atoms with Gasteiger partial charge in [-0.05, 0) is 84.7 Å². The second kappa shape index (κ2) is 14.7. The van der Waals surface area contributed by atoms with Crippen LogP contribution in [0.4, 0.5) is 16.0 Å². The zero-order chi connectivity index (χ0) is 34.9. The van der Waals surface area contributed by atoms with Gasteiger partial charge in [0.15, 0.2) is 23.3 Å². The summed E-state index contributed by atoms with van der Waals surface area (Å²) in [6.07, 6.45) is 7.99. The third kappa shape index (κ3) is 7.74. The number of oxazole rings is 1. The Balaban J connectivity index is 1.03. The first-order valence-corrected chi connectivity index (χ1v) is 18.0. The zero-order valence-electron chi connectivity index (χ0n) is 28.7. The molecule has 49 heavy (non-hydrogen) atoms. The fourth-order valence-corrected chi connectivity index (χ4v) is 8.03. The Morgan fingerprint density at radius 2 is 1.90 bits per heavy atom. The third-order valence-corrected chi connectivity index (χ3v) is 10.6. The number of amides is 1. The van der Waals surface area contributed by atoms with Crippen LogP contribution in [-0.4, -0.2) is 103 Å². The highest BCUT2D eigenvalue weighted by atomic mass is 32.2. The molecule has 6 rings (SSSR count). The molecular weight excluding hydrogens is 653 g/mol. The van der Waals surface area contributed by atoms with E-state index in [2.05, 4.69) is 24.8 Å². The molecule has 0 saturated carbocycles. The van der Waals surface area contributed by atoms with Gasteiger partial charge in [-0.25, -0.2) is 14.4 Å². The molecule has 3 fully saturated rings. The number of hydrogen-bond donors (Lipinski definition) is 0. The van der Waals surface area contributed by atoms with Crippen LogP contribution in [0.3, 0.4) is 0 Å². The minimum atomic E-state index is -2.48. The maximum absolute atomic E-state index is 14.4. The van der Waals surface area contributed by atoms with Gasteiger partial charge < -0.3 is 33.1 Å². The number of halogens is 1. The van der Waals surface area contributed by atoms with E-state index < -0.39 is 17.1 Å². The lowest BCUT2D eigenvalue weighted by Crippen LogP contribution is -2.61. The molecule has 13 nitrogen and oxygen atoms in total. The summed E-state index contributed by atoms with van der Waals surface area (Å²) in [5.41, 5.74) is 0.322. The van der Waals surface area contributed by atoms with Crippen LogP contribution in [0, 0.1) is 18.2 Å². The molecule has 0 radical (unpaired) electrons. The van der Waals surface area contributed by atoms with E-state index in [1.807, 2.05) is 27.7 Å². The van der Waals surface area contributed by atoms with Crippen molar-refractivity contribution in [1.29, 1.82) is 0 Å². The summed E-state index contributed by atoms with van der Waals surface area (Å²) in [6.45, 7) is 14.1. The van der Waals surface area contributed by atoms with Crippen molar-refractivity contribution in [3.63, 3.8) is 0 Å². The van der Waals surface area contributed by atoms with E-state index in [-0.39, 0.29) is 52.7 Å². The number of aryl methyl sites for hydroxylation is 1. The molecule has 1 aromatic carbocycles. The molecule has 1 amide bonds. The molecule has 3 aliphatic heterocycles. The van der Waals surface area contributed by atoms with Crippen LogP contribution in [-0.2, 0) is 16.0 Å². The summed E-state index contributed by atoms with van der Waals surface area (Å²) in [7, 11) is 0. The normalized spacial score (nSPS) is 21.5. The molecule has 3 saturated heterocycles. The van der Waals surface area contributed by atoms with E-state index in [0.717, 1.165) is 52.0 Å². The van der Waals surface area contributed by atoms with Gasteiger partial charge in [0.2, 0.25) is 0 Å². The number of likely N-dealkylation sites (tertiary alicyclic amines) is 1. The number of benzene rings is 1. The number of hydrogen-bond acceptors (Lipinski definition) is 11. The molecule has 15 heteroatoms. The van der Waals surface area contributed by atoms with E-state index in [0.29, 0.717) is 30.5 Å². The van der Waals surface area contributed by atoms with Crippen LogP contribution in [0.2, 0.25) is 0 Å². The van der Waals surface area contributed by atoms with E-state index in [1.54, 1.807) is 18.0 Å². The minimum absolute atomic E-state index is 0.0429. The Morgan fingerprint density at radius 3 is 2.51 bits per heavy atom. The number of rotatable bonds is 11. The summed E-state index contributed by atoms with van der Waals surface area (Å²) in [6, 6.07) is 3.54. The highest BCUT2D eigenvalue weighted by Crippen LogP contribution is 2.45. The van der Waals surface area contributed by atoms with Gasteiger partial charge >= 0.3 is 0 Å². The molecule has 1 spiro atoms. The van der Waals surface area contributed by atoms with Crippen molar-refractivity contribution in [2.24, 2.45) is 5.41 Å². The third-order valence-electron chi connectivity index (χ3n) is 9.80. The largest absolute Gasteiger partial charge is 0.755 e. The van der Waals surface area contributed by atoms with Crippen molar-refractivity contribution >= 4 is 28.8 Å². The van der Waals surface area contributed by atoms with Crippen LogP contribution in [0.15, 0.2) is 41.4 Å². The molecule has 0 N–H and O–H groups in total. The van der Waals surface area contributed by atoms with E-state index >= 15 is 0 Å². The Labute approximate surface area is 289 Å². The Morgan fingerprint density at radius 1 is 1.16 bits per heavy atom. The van der Waals surface area contributed by atoms with Crippen molar-refractivity contribution in [3.8, 4) is 11.5 Å². The Bertz CT molecular complexity index is 1620. The first-order valence-electron chi connectivity index (χ1n) is 16.9. The molecular formula is C34H45FN7O6S-. The number of piperidine rings is 1. The number of ether oxygens (including phenoxy) is 2. The lowest BCUT2D eigenvalue weighted by molar-refractivity contribution is -0.0270. The van der Waals surface area contributed by atoms with Crippen LogP contribution >= 0.6 is 0 Å². The molecule has 1 unspecified atom stereocenters. The quantitative estimate of drug-likeness (QED) is 0.257. The van der Waals surface area contributed by atoms with Gasteiger partial charge in [0.05, 0.1) is 30.5 Å². The number of aromatic nitrogens is 3. The standard InChI is InChI=1S/C34H46FN7O6S/c1-22(2)41(23(3)4)33(43)28-14-25(35)6-9-29(28)48-30-15-36-21-37-32(30)40-19-34(20-40)10-12-39(13-11-34)16-27-8-7-26(17-47-27)42(49(44)45)31-18-46-24(5)38-31/h6,9,14-15,18,21-23,26-27H,7-8,10-13,16-17,19-20H2,1-5H3,(H,44,45)/p-1/t26-,27+/m1/s1. The van der Waals surface area contributed by atoms with Gasteiger partial charge in [-0.3, -0.25) is 13.3 Å². The molecule has 0 bridgehead atoms. The van der Waals surface area contributed by atoms with Crippen molar-refractivity contribution in [1.82, 2.24) is 24.8 Å². The summed E-state index contributed by atoms with van der Waals surface area (Å²) >= 11 is -2.48. The van der Waals surface area contributed by atoms with E-state index in [9.17, 15) is 17.9 Å². The van der Waals surface area contributed by atoms with Crippen LogP contribution < -0.4 is 13.9 Å². The Hall–Kier alpha value is -3.66. The summed E-state index contributed by atoms with van der Waals surface area (Å²) in [5.74, 6) is 1.21. The van der Waals surface area contributed by atoms with Crippen molar-refractivity contribution in [2.45, 2.75) is 84.5 Å². The molecule has 3 aromatic rings. The van der Waals surface area contributed by atoms with Crippen molar-refractivity contribution in [2.75, 3.05) is 48.5 Å². The summed E-state index contributed by atoms with van der Waals surface area (Å²) in [5, 5.41) is 0. The van der Waals surface area contributed by atoms with Crippen molar-refractivity contribution < 1.29 is 31.8 Å². The first-order chi connectivity index (χ1) is 23.4. The van der Waals surface area contributed by atoms with Gasteiger partial charge in [-0.1, -0.05) is 0 Å². The monoisotopic (exact) mass is 698 g/mol. The lowest BCUT2D eigenvalue weighted by Gasteiger charge is -2.54. The van der Waals surface area contributed by atoms with Crippen molar-refractivity contribution in [3.05, 3.63) is 54.3 Å². The second-order valence-electron chi connectivity index (χ2n) is 14.0. The second-order valence-corrected chi connectivity index (χ2v) is 14.8. The molecule has 3 aliphatic rings. The van der Waals surface area contributed by atoms with E-state index in [1.165, 1.54) is 35.1 Å². The highest BCUT2D eigenvalue weighted by molar-refractivity contribution is 7.80. The summed E-state index contributed by atoms with van der Waals surface area (Å²) < 4.78 is 57.2. The first kappa shape index (κ1) is 35.2. The van der Waals surface area contributed by atoms with Crippen LogP contribution in [0.25, 0.3) is 0 Å². The fraction of sp³-hybridized carbons (Fsp3) is 0.588. The van der Waals surface area contributed by atoms with Crippen LogP contribution in [0.5, 0.6) is 11.5 Å². The number of anilines is 2. The number of carbonyl (C=O) groups excluding carboxylic acids is 1. The average Bonchev–Trinajstić information content (AvgIpc) is 3.47. The zero-order valence-corrected chi connectivity index (χ0v) is 29.5. The van der Waals surface area contributed by atoms with Gasteiger partial charge in [0, 0.05) is 55.3 Å². The topological polar surface area (TPSA) is 140 Å². The SMILES string of the molecule is Cc1nc(N([C@@H]2CC[C@@H](CN3CCC4(CC3)CN(c3ncncc3Oc3ccc(F)cc3C(=O)N(C(C)C)C(C)C)C4)OC2)S(=O)[O-])co1. The number of nitrogens with zero attached hydrogens (tertiary/aromatic N) is 7. The predicted molar refractivity (Wildman–Crippen MR) is 181 cm³/mol. The van der Waals surface area contributed by atoms with E-state index in [4.69, 9.17) is 13.9 Å². The average molecular weight is 699 g/mol. The van der Waals surface area contributed by atoms with Gasteiger partial charge in [-0.2, -0.15) is 4.98 Å². The molecule has 3 atom stereocenters. The Kier molecular flexibility index (Phi) is 10.5. The highest BCUT2D eigenvalue weighted by Gasteiger charge is 2.46. The maximum Gasteiger partial charge on any atom is 0.258 e. The maximum atomic E-state index is 14.4. The van der Waals surface area contributed by atoms with Gasteiger partial charge in [0.1, 0.15) is 24.2 Å². The molecule has 5 heterocycles.